The number of ether oxygens (including phenoxy) is 2. The molecule has 1 rings (SSSR count). The zero-order chi connectivity index (χ0) is 17.1. The molecule has 1 aromatic carbocycles. The van der Waals surface area contributed by atoms with E-state index in [2.05, 4.69) is 9.47 Å². The molecule has 0 saturated carbocycles. The van der Waals surface area contributed by atoms with Crippen molar-refractivity contribution in [1.29, 1.82) is 0 Å². The van der Waals surface area contributed by atoms with Crippen LogP contribution in [0.15, 0.2) is 23.1 Å². The SMILES string of the molecule is CC(O)OC(=O)c1cccc(C(=O)OC(C)O)c1S(=O)(=O)O. The van der Waals surface area contributed by atoms with Crippen molar-refractivity contribution in [2.75, 3.05) is 0 Å². The lowest BCUT2D eigenvalue weighted by Gasteiger charge is -2.13. The van der Waals surface area contributed by atoms with E-state index in [0.717, 1.165) is 32.0 Å². The van der Waals surface area contributed by atoms with Gasteiger partial charge in [0.15, 0.2) is 12.6 Å². The third-order valence-electron chi connectivity index (χ3n) is 2.27. The topological polar surface area (TPSA) is 147 Å². The van der Waals surface area contributed by atoms with E-state index in [9.17, 15) is 22.6 Å². The molecule has 0 fully saturated rings. The monoisotopic (exact) mass is 334 g/mol. The van der Waals surface area contributed by atoms with Gasteiger partial charge in [-0.3, -0.25) is 4.55 Å². The fourth-order valence-corrected chi connectivity index (χ4v) is 2.43. The Hall–Kier alpha value is -2.01. The summed E-state index contributed by atoms with van der Waals surface area (Å²) in [4.78, 5) is 22.5. The molecule has 0 aromatic heterocycles. The molecule has 122 valence electrons. The molecule has 22 heavy (non-hydrogen) atoms. The van der Waals surface area contributed by atoms with E-state index in [1.807, 2.05) is 0 Å². The Morgan fingerprint density at radius 1 is 1.00 bits per heavy atom. The van der Waals surface area contributed by atoms with Crippen molar-refractivity contribution in [2.24, 2.45) is 0 Å². The van der Waals surface area contributed by atoms with E-state index in [0.29, 0.717) is 0 Å². The number of esters is 2. The number of hydrogen-bond acceptors (Lipinski definition) is 8. The Morgan fingerprint density at radius 2 is 1.36 bits per heavy atom. The molecule has 2 unspecified atom stereocenters. The summed E-state index contributed by atoms with van der Waals surface area (Å²) in [6, 6.07) is 3.10. The van der Waals surface area contributed by atoms with E-state index in [1.165, 1.54) is 0 Å². The van der Waals surface area contributed by atoms with Crippen molar-refractivity contribution in [3.63, 3.8) is 0 Å². The van der Waals surface area contributed by atoms with E-state index < -0.39 is 50.7 Å². The average molecular weight is 334 g/mol. The van der Waals surface area contributed by atoms with Crippen LogP contribution in [-0.2, 0) is 19.6 Å². The van der Waals surface area contributed by atoms with Crippen molar-refractivity contribution in [2.45, 2.75) is 31.3 Å². The van der Waals surface area contributed by atoms with Gasteiger partial charge in [-0.15, -0.1) is 0 Å². The highest BCUT2D eigenvalue weighted by Gasteiger charge is 2.30. The number of rotatable bonds is 5. The molecule has 0 bridgehead atoms. The largest absolute Gasteiger partial charge is 0.433 e. The first kappa shape index (κ1) is 18.0. The van der Waals surface area contributed by atoms with Gasteiger partial charge in [-0.05, 0) is 26.0 Å². The Labute approximate surface area is 125 Å². The van der Waals surface area contributed by atoms with E-state index in [1.54, 1.807) is 0 Å². The number of carbonyl (C=O) groups excluding carboxylic acids is 2. The van der Waals surface area contributed by atoms with Crippen LogP contribution >= 0.6 is 0 Å². The number of aliphatic hydroxyl groups excluding tert-OH is 2. The Morgan fingerprint density at radius 3 is 1.64 bits per heavy atom. The minimum Gasteiger partial charge on any atom is -0.433 e. The third-order valence-corrected chi connectivity index (χ3v) is 3.22. The standard InChI is InChI=1S/C12H14O9S/c1-6(13)20-11(15)8-4-3-5-9(10(8)22(17,18)19)12(16)21-7(2)14/h3-7,13-14H,1-2H3,(H,17,18,19). The molecular formula is C12H14O9S. The highest BCUT2D eigenvalue weighted by molar-refractivity contribution is 7.86. The van der Waals surface area contributed by atoms with Crippen LogP contribution in [0.1, 0.15) is 34.6 Å². The molecule has 9 nitrogen and oxygen atoms in total. The highest BCUT2D eigenvalue weighted by Crippen LogP contribution is 2.23. The predicted octanol–water partition coefficient (Wildman–Crippen LogP) is -0.0765. The maximum absolute atomic E-state index is 11.8. The molecule has 0 aliphatic heterocycles. The van der Waals surface area contributed by atoms with Gasteiger partial charge in [0.1, 0.15) is 4.90 Å². The van der Waals surface area contributed by atoms with Crippen molar-refractivity contribution >= 4 is 22.1 Å². The van der Waals surface area contributed by atoms with E-state index in [4.69, 9.17) is 10.2 Å². The predicted molar refractivity (Wildman–Crippen MR) is 70.4 cm³/mol. The number of carbonyl (C=O) groups is 2. The molecule has 0 saturated heterocycles. The maximum atomic E-state index is 11.8. The summed E-state index contributed by atoms with van der Waals surface area (Å²) in [6.45, 7) is 2.22. The van der Waals surface area contributed by atoms with Crippen molar-refractivity contribution < 1.29 is 42.2 Å². The molecule has 0 amide bonds. The lowest BCUT2D eigenvalue weighted by molar-refractivity contribution is -0.0527. The first-order valence-electron chi connectivity index (χ1n) is 5.92. The Kier molecular flexibility index (Phi) is 5.60. The zero-order valence-electron chi connectivity index (χ0n) is 11.6. The zero-order valence-corrected chi connectivity index (χ0v) is 12.4. The Balaban J connectivity index is 3.48. The summed E-state index contributed by atoms with van der Waals surface area (Å²) in [5.41, 5.74) is -1.33. The maximum Gasteiger partial charge on any atom is 0.341 e. The van der Waals surface area contributed by atoms with Crippen LogP contribution in [0.2, 0.25) is 0 Å². The molecule has 0 aliphatic carbocycles. The van der Waals surface area contributed by atoms with Crippen LogP contribution in [0.25, 0.3) is 0 Å². The van der Waals surface area contributed by atoms with Gasteiger partial charge in [-0.1, -0.05) is 6.07 Å². The normalized spacial score (nSPS) is 14.0. The minimum absolute atomic E-state index is 0.663. The molecule has 3 N–H and O–H groups in total. The highest BCUT2D eigenvalue weighted by atomic mass is 32.2. The van der Waals surface area contributed by atoms with Crippen LogP contribution in [0, 0.1) is 0 Å². The van der Waals surface area contributed by atoms with E-state index >= 15 is 0 Å². The number of hydrogen-bond donors (Lipinski definition) is 3. The second kappa shape index (κ2) is 6.83. The molecule has 0 spiro atoms. The van der Waals surface area contributed by atoms with Gasteiger partial charge < -0.3 is 19.7 Å². The summed E-state index contributed by atoms with van der Waals surface area (Å²) in [7, 11) is -4.99. The lowest BCUT2D eigenvalue weighted by atomic mass is 10.1. The van der Waals surface area contributed by atoms with Crippen LogP contribution in [0.4, 0.5) is 0 Å². The van der Waals surface area contributed by atoms with Gasteiger partial charge in [0, 0.05) is 0 Å². The second-order valence-corrected chi connectivity index (χ2v) is 5.52. The fraction of sp³-hybridized carbons (Fsp3) is 0.333. The van der Waals surface area contributed by atoms with Crippen molar-refractivity contribution in [3.05, 3.63) is 29.3 Å². The smallest absolute Gasteiger partial charge is 0.341 e. The van der Waals surface area contributed by atoms with Gasteiger partial charge >= 0.3 is 11.9 Å². The molecule has 0 aliphatic rings. The summed E-state index contributed by atoms with van der Waals surface area (Å²) in [5, 5.41) is 18.0. The van der Waals surface area contributed by atoms with Crippen molar-refractivity contribution in [1.82, 2.24) is 0 Å². The average Bonchev–Trinajstić information content (AvgIpc) is 2.35. The lowest BCUT2D eigenvalue weighted by Crippen LogP contribution is -2.21. The molecular weight excluding hydrogens is 320 g/mol. The number of aliphatic hydroxyl groups is 2. The molecule has 0 heterocycles. The molecule has 0 radical (unpaired) electrons. The van der Waals surface area contributed by atoms with Gasteiger partial charge in [0.25, 0.3) is 10.1 Å². The number of benzene rings is 1. The van der Waals surface area contributed by atoms with Gasteiger partial charge in [-0.2, -0.15) is 8.42 Å². The van der Waals surface area contributed by atoms with Crippen LogP contribution < -0.4 is 0 Å². The molecule has 10 heteroatoms. The fourth-order valence-electron chi connectivity index (χ4n) is 1.57. The summed E-state index contributed by atoms with van der Waals surface area (Å²) < 4.78 is 41.0. The van der Waals surface area contributed by atoms with Crippen LogP contribution in [0.3, 0.4) is 0 Å². The molecule has 2 atom stereocenters. The van der Waals surface area contributed by atoms with Gasteiger partial charge in [0.2, 0.25) is 0 Å². The van der Waals surface area contributed by atoms with Crippen molar-refractivity contribution in [3.8, 4) is 0 Å². The molecule has 1 aromatic rings. The second-order valence-electron chi connectivity index (χ2n) is 4.17. The summed E-state index contributed by atoms with van der Waals surface area (Å²) in [5.74, 6) is -2.54. The summed E-state index contributed by atoms with van der Waals surface area (Å²) >= 11 is 0. The van der Waals surface area contributed by atoms with Crippen LogP contribution in [0.5, 0.6) is 0 Å². The van der Waals surface area contributed by atoms with E-state index in [-0.39, 0.29) is 0 Å². The quantitative estimate of drug-likeness (QED) is 0.382. The third kappa shape index (κ3) is 4.49. The van der Waals surface area contributed by atoms with Gasteiger partial charge in [0.05, 0.1) is 11.1 Å². The minimum atomic E-state index is -4.99. The summed E-state index contributed by atoms with van der Waals surface area (Å²) in [6.07, 6.45) is -3.07. The Bertz CT molecular complexity index is 636. The first-order chi connectivity index (χ1) is 10.0. The first-order valence-corrected chi connectivity index (χ1v) is 7.36. The van der Waals surface area contributed by atoms with Crippen LogP contribution in [-0.4, -0.2) is 47.7 Å². The van der Waals surface area contributed by atoms with Gasteiger partial charge in [-0.25, -0.2) is 9.59 Å².